The lowest BCUT2D eigenvalue weighted by molar-refractivity contribution is 0.0952. The SMILES string of the molecule is CCOc1cc(C=NNC(=O)c2cc3ccccc3cc2O)cc(Cl)c1OCc1ccc(Cl)cc1. The molecule has 4 aromatic rings. The number of nitrogens with one attached hydrogen (secondary N) is 1. The molecule has 0 aliphatic carbocycles. The predicted molar refractivity (Wildman–Crippen MR) is 139 cm³/mol. The van der Waals surface area contributed by atoms with E-state index in [2.05, 4.69) is 10.5 Å². The summed E-state index contributed by atoms with van der Waals surface area (Å²) in [6.45, 7) is 2.55. The fourth-order valence-electron chi connectivity index (χ4n) is 3.44. The molecule has 0 spiro atoms. The normalized spacial score (nSPS) is 11.1. The number of carbonyl (C=O) groups excluding carboxylic acids is 1. The Hall–Kier alpha value is -3.74. The number of carbonyl (C=O) groups is 1. The molecule has 0 radical (unpaired) electrons. The number of halogens is 2. The number of hydrogen-bond acceptors (Lipinski definition) is 5. The first kappa shape index (κ1) is 24.4. The van der Waals surface area contributed by atoms with Gasteiger partial charge in [-0.3, -0.25) is 4.79 Å². The number of aromatic hydroxyl groups is 1. The maximum Gasteiger partial charge on any atom is 0.275 e. The van der Waals surface area contributed by atoms with Gasteiger partial charge in [0.05, 0.1) is 23.4 Å². The number of hydrogen-bond donors (Lipinski definition) is 2. The molecule has 0 aliphatic heterocycles. The number of phenols is 1. The smallest absolute Gasteiger partial charge is 0.275 e. The molecule has 4 aromatic carbocycles. The van der Waals surface area contributed by atoms with Gasteiger partial charge in [-0.15, -0.1) is 0 Å². The largest absolute Gasteiger partial charge is 0.507 e. The molecule has 0 atom stereocenters. The molecule has 0 bridgehead atoms. The maximum atomic E-state index is 12.6. The Morgan fingerprint density at radius 2 is 1.71 bits per heavy atom. The minimum atomic E-state index is -0.538. The van der Waals surface area contributed by atoms with E-state index in [1.54, 1.807) is 36.4 Å². The highest BCUT2D eigenvalue weighted by molar-refractivity contribution is 6.32. The van der Waals surface area contributed by atoms with Crippen molar-refractivity contribution in [1.82, 2.24) is 5.43 Å². The van der Waals surface area contributed by atoms with Crippen LogP contribution in [0.15, 0.2) is 77.9 Å². The molecular weight excluding hydrogens is 487 g/mol. The average molecular weight is 509 g/mol. The molecule has 0 unspecified atom stereocenters. The highest BCUT2D eigenvalue weighted by Gasteiger charge is 2.14. The van der Waals surface area contributed by atoms with E-state index >= 15 is 0 Å². The van der Waals surface area contributed by atoms with E-state index in [0.29, 0.717) is 33.7 Å². The van der Waals surface area contributed by atoms with Crippen molar-refractivity contribution in [3.63, 3.8) is 0 Å². The first-order valence-corrected chi connectivity index (χ1v) is 11.6. The molecule has 1 amide bonds. The minimum absolute atomic E-state index is 0.125. The molecule has 4 rings (SSSR count). The summed E-state index contributed by atoms with van der Waals surface area (Å²) in [7, 11) is 0. The van der Waals surface area contributed by atoms with E-state index in [4.69, 9.17) is 32.7 Å². The van der Waals surface area contributed by atoms with E-state index < -0.39 is 5.91 Å². The van der Waals surface area contributed by atoms with Crippen LogP contribution in [-0.4, -0.2) is 23.8 Å². The van der Waals surface area contributed by atoms with Gasteiger partial charge in [0, 0.05) is 5.02 Å². The average Bonchev–Trinajstić information content (AvgIpc) is 2.84. The lowest BCUT2D eigenvalue weighted by atomic mass is 10.1. The van der Waals surface area contributed by atoms with Crippen molar-refractivity contribution < 1.29 is 19.4 Å². The van der Waals surface area contributed by atoms with Gasteiger partial charge in [0.15, 0.2) is 11.5 Å². The first-order chi connectivity index (χ1) is 16.9. The number of benzene rings is 4. The van der Waals surface area contributed by atoms with Crippen LogP contribution in [0.25, 0.3) is 10.8 Å². The van der Waals surface area contributed by atoms with Crippen LogP contribution in [0.5, 0.6) is 17.2 Å². The molecule has 6 nitrogen and oxygen atoms in total. The number of amides is 1. The summed E-state index contributed by atoms with van der Waals surface area (Å²) in [5.41, 5.74) is 4.09. The second-order valence-corrected chi connectivity index (χ2v) is 8.44. The second-order valence-electron chi connectivity index (χ2n) is 7.59. The third-order valence-corrected chi connectivity index (χ3v) is 5.65. The van der Waals surface area contributed by atoms with Crippen molar-refractivity contribution in [1.29, 1.82) is 0 Å². The van der Waals surface area contributed by atoms with E-state index in [9.17, 15) is 9.90 Å². The van der Waals surface area contributed by atoms with Crippen LogP contribution >= 0.6 is 23.2 Å². The molecule has 0 saturated heterocycles. The van der Waals surface area contributed by atoms with Crippen LogP contribution in [0.3, 0.4) is 0 Å². The van der Waals surface area contributed by atoms with Crippen LogP contribution in [0.2, 0.25) is 10.0 Å². The Balaban J connectivity index is 1.48. The summed E-state index contributed by atoms with van der Waals surface area (Å²) in [4.78, 5) is 12.6. The molecular formula is C27H22Cl2N2O4. The maximum absolute atomic E-state index is 12.6. The van der Waals surface area contributed by atoms with Crippen molar-refractivity contribution in [3.05, 3.63) is 99.5 Å². The summed E-state index contributed by atoms with van der Waals surface area (Å²) in [5, 5.41) is 16.9. The lowest BCUT2D eigenvalue weighted by Crippen LogP contribution is -2.17. The Morgan fingerprint density at radius 1 is 1.00 bits per heavy atom. The van der Waals surface area contributed by atoms with Gasteiger partial charge < -0.3 is 14.6 Å². The summed E-state index contributed by atoms with van der Waals surface area (Å²) in [5.74, 6) is 0.198. The van der Waals surface area contributed by atoms with Gasteiger partial charge in [0.2, 0.25) is 0 Å². The molecule has 0 saturated carbocycles. The molecule has 35 heavy (non-hydrogen) atoms. The summed E-state index contributed by atoms with van der Waals surface area (Å²) >= 11 is 12.4. The summed E-state index contributed by atoms with van der Waals surface area (Å²) < 4.78 is 11.6. The van der Waals surface area contributed by atoms with Crippen molar-refractivity contribution in [2.75, 3.05) is 6.61 Å². The van der Waals surface area contributed by atoms with Crippen molar-refractivity contribution in [2.24, 2.45) is 5.10 Å². The van der Waals surface area contributed by atoms with Gasteiger partial charge in [0.25, 0.3) is 5.91 Å². The standard InChI is InChI=1S/C27H22Cl2N2O4/c1-2-34-25-12-18(11-23(29)26(25)35-16-17-7-9-21(28)10-8-17)15-30-31-27(33)22-13-19-5-3-4-6-20(19)14-24(22)32/h3-15,32H,2,16H2,1H3,(H,31,33). The second kappa shape index (κ2) is 11.1. The molecule has 0 heterocycles. The minimum Gasteiger partial charge on any atom is -0.507 e. The predicted octanol–water partition coefficient (Wildman–Crippen LogP) is 6.59. The van der Waals surface area contributed by atoms with Crippen molar-refractivity contribution in [3.8, 4) is 17.2 Å². The molecule has 0 aromatic heterocycles. The van der Waals surface area contributed by atoms with E-state index in [-0.39, 0.29) is 17.9 Å². The van der Waals surface area contributed by atoms with E-state index in [0.717, 1.165) is 16.3 Å². The molecule has 0 aliphatic rings. The number of ether oxygens (including phenoxy) is 2. The van der Waals surface area contributed by atoms with Gasteiger partial charge >= 0.3 is 0 Å². The topological polar surface area (TPSA) is 80.2 Å². The van der Waals surface area contributed by atoms with Crippen molar-refractivity contribution >= 4 is 46.1 Å². The summed E-state index contributed by atoms with van der Waals surface area (Å²) in [6.07, 6.45) is 1.44. The van der Waals surface area contributed by atoms with Crippen molar-refractivity contribution in [2.45, 2.75) is 13.5 Å². The number of fused-ring (bicyclic) bond motifs is 1. The Kier molecular flexibility index (Phi) is 7.75. The van der Waals surface area contributed by atoms with Crippen LogP contribution in [0, 0.1) is 0 Å². The lowest BCUT2D eigenvalue weighted by Gasteiger charge is -2.14. The first-order valence-electron chi connectivity index (χ1n) is 10.8. The Labute approximate surface area is 212 Å². The van der Waals surface area contributed by atoms with E-state index in [1.807, 2.05) is 43.3 Å². The van der Waals surface area contributed by atoms with Gasteiger partial charge in [-0.2, -0.15) is 5.10 Å². The fourth-order valence-corrected chi connectivity index (χ4v) is 3.84. The monoisotopic (exact) mass is 508 g/mol. The number of rotatable bonds is 8. The quantitative estimate of drug-likeness (QED) is 0.207. The number of hydrazone groups is 1. The highest BCUT2D eigenvalue weighted by Crippen LogP contribution is 2.37. The molecule has 178 valence electrons. The number of nitrogens with zero attached hydrogens (tertiary/aromatic N) is 1. The van der Waals surface area contributed by atoms with Gasteiger partial charge in [-0.05, 0) is 65.2 Å². The van der Waals surface area contributed by atoms with Gasteiger partial charge in [0.1, 0.15) is 12.4 Å². The zero-order valence-corrected chi connectivity index (χ0v) is 20.3. The zero-order chi connectivity index (χ0) is 24.8. The Bertz CT molecular complexity index is 1390. The van der Waals surface area contributed by atoms with Crippen LogP contribution in [-0.2, 0) is 6.61 Å². The third kappa shape index (κ3) is 6.04. The Morgan fingerprint density at radius 3 is 2.43 bits per heavy atom. The zero-order valence-electron chi connectivity index (χ0n) is 18.8. The van der Waals surface area contributed by atoms with Crippen LogP contribution in [0.4, 0.5) is 0 Å². The molecule has 8 heteroatoms. The van der Waals surface area contributed by atoms with E-state index in [1.165, 1.54) is 6.21 Å². The third-order valence-electron chi connectivity index (χ3n) is 5.12. The number of phenolic OH excluding ortho intramolecular Hbond substituents is 1. The highest BCUT2D eigenvalue weighted by atomic mass is 35.5. The molecule has 0 fully saturated rings. The van der Waals surface area contributed by atoms with Gasteiger partial charge in [-0.25, -0.2) is 5.43 Å². The fraction of sp³-hybridized carbons (Fsp3) is 0.111. The molecule has 2 N–H and O–H groups in total. The van der Waals surface area contributed by atoms with Crippen LogP contribution < -0.4 is 14.9 Å². The van der Waals surface area contributed by atoms with Gasteiger partial charge in [-0.1, -0.05) is 59.6 Å². The summed E-state index contributed by atoms with van der Waals surface area (Å²) in [6, 6.07) is 21.3. The van der Waals surface area contributed by atoms with Crippen LogP contribution in [0.1, 0.15) is 28.4 Å².